The summed E-state index contributed by atoms with van der Waals surface area (Å²) in [6, 6.07) is 9.16. The van der Waals surface area contributed by atoms with Crippen LogP contribution in [0.1, 0.15) is 24.9 Å². The number of ether oxygens (including phenoxy) is 1. The lowest BCUT2D eigenvalue weighted by molar-refractivity contribution is -0.385. The standard InChI is InChI=1S/C17H14FN3O4/c1-17-9-14(13-8-12(21(23)24)5-6-15(13)25-17)19-16(22)20(17)11-4-2-3-10(18)7-11/h2-8,14H,9H2,1H3,(H,19,22). The Kier molecular flexibility index (Phi) is 3.18. The van der Waals surface area contributed by atoms with Gasteiger partial charge in [0, 0.05) is 24.1 Å². The van der Waals surface area contributed by atoms with Gasteiger partial charge in [0.15, 0.2) is 5.72 Å². The number of nitro benzene ring substituents is 1. The van der Waals surface area contributed by atoms with Crippen molar-refractivity contribution in [2.75, 3.05) is 4.90 Å². The lowest BCUT2D eigenvalue weighted by Crippen LogP contribution is -2.65. The average molecular weight is 343 g/mol. The van der Waals surface area contributed by atoms with Gasteiger partial charge in [-0.25, -0.2) is 9.18 Å². The number of carbonyl (C=O) groups is 1. The number of hydrogen-bond acceptors (Lipinski definition) is 4. The molecule has 4 rings (SSSR count). The Balaban J connectivity index is 1.79. The van der Waals surface area contributed by atoms with Gasteiger partial charge in [-0.05, 0) is 31.2 Å². The molecule has 1 N–H and O–H groups in total. The van der Waals surface area contributed by atoms with Gasteiger partial charge in [-0.2, -0.15) is 0 Å². The first-order chi connectivity index (χ1) is 11.9. The van der Waals surface area contributed by atoms with Crippen LogP contribution < -0.4 is 15.0 Å². The molecule has 2 atom stereocenters. The molecule has 2 bridgehead atoms. The lowest BCUT2D eigenvalue weighted by atomic mass is 9.90. The molecule has 2 unspecified atom stereocenters. The first kappa shape index (κ1) is 15.4. The molecular weight excluding hydrogens is 329 g/mol. The molecule has 2 aliphatic heterocycles. The van der Waals surface area contributed by atoms with Gasteiger partial charge in [0.25, 0.3) is 5.69 Å². The number of halogens is 1. The zero-order chi connectivity index (χ0) is 17.8. The van der Waals surface area contributed by atoms with Crippen molar-refractivity contribution in [1.82, 2.24) is 5.32 Å². The lowest BCUT2D eigenvalue weighted by Gasteiger charge is -2.50. The molecule has 0 saturated carbocycles. The van der Waals surface area contributed by atoms with Crippen LogP contribution in [-0.4, -0.2) is 16.7 Å². The number of nitro groups is 1. The van der Waals surface area contributed by atoms with Gasteiger partial charge in [0.1, 0.15) is 11.6 Å². The molecule has 2 amide bonds. The zero-order valence-corrected chi connectivity index (χ0v) is 13.2. The van der Waals surface area contributed by atoms with Crippen molar-refractivity contribution < 1.29 is 18.8 Å². The Morgan fingerprint density at radius 3 is 2.88 bits per heavy atom. The number of nitrogens with one attached hydrogen (secondary N) is 1. The van der Waals surface area contributed by atoms with Gasteiger partial charge in [0.2, 0.25) is 0 Å². The van der Waals surface area contributed by atoms with Crippen molar-refractivity contribution in [1.29, 1.82) is 0 Å². The van der Waals surface area contributed by atoms with Crippen molar-refractivity contribution in [2.24, 2.45) is 0 Å². The molecule has 0 aromatic heterocycles. The maximum Gasteiger partial charge on any atom is 0.325 e. The Hall–Kier alpha value is -3.16. The largest absolute Gasteiger partial charge is 0.467 e. The quantitative estimate of drug-likeness (QED) is 0.668. The second-order valence-corrected chi connectivity index (χ2v) is 6.28. The molecule has 25 heavy (non-hydrogen) atoms. The van der Waals surface area contributed by atoms with Crippen molar-refractivity contribution in [2.45, 2.75) is 25.1 Å². The van der Waals surface area contributed by atoms with Crippen LogP contribution in [0.25, 0.3) is 0 Å². The second-order valence-electron chi connectivity index (χ2n) is 6.28. The zero-order valence-electron chi connectivity index (χ0n) is 13.2. The Morgan fingerprint density at radius 1 is 1.36 bits per heavy atom. The molecule has 8 heteroatoms. The van der Waals surface area contributed by atoms with Crippen LogP contribution in [0.4, 0.5) is 20.6 Å². The van der Waals surface area contributed by atoms with E-state index in [1.165, 1.54) is 41.3 Å². The summed E-state index contributed by atoms with van der Waals surface area (Å²) in [7, 11) is 0. The normalized spacial score (nSPS) is 24.2. The van der Waals surface area contributed by atoms with E-state index in [0.717, 1.165) is 0 Å². The fraction of sp³-hybridized carbons (Fsp3) is 0.235. The molecule has 7 nitrogen and oxygen atoms in total. The van der Waals surface area contributed by atoms with Crippen molar-refractivity contribution >= 4 is 17.4 Å². The fourth-order valence-corrected chi connectivity index (χ4v) is 3.48. The second kappa shape index (κ2) is 5.17. The third-order valence-corrected chi connectivity index (χ3v) is 4.53. The van der Waals surface area contributed by atoms with E-state index in [9.17, 15) is 19.3 Å². The van der Waals surface area contributed by atoms with Crippen LogP contribution >= 0.6 is 0 Å². The average Bonchev–Trinajstić information content (AvgIpc) is 2.53. The first-order valence-corrected chi connectivity index (χ1v) is 7.71. The van der Waals surface area contributed by atoms with Crippen molar-refractivity contribution in [3.8, 4) is 5.75 Å². The minimum absolute atomic E-state index is 0.0623. The summed E-state index contributed by atoms with van der Waals surface area (Å²) in [6.45, 7) is 1.74. The smallest absolute Gasteiger partial charge is 0.325 e. The molecule has 2 aliphatic rings. The molecular formula is C17H14FN3O4. The highest BCUT2D eigenvalue weighted by molar-refractivity contribution is 5.94. The van der Waals surface area contributed by atoms with Gasteiger partial charge < -0.3 is 10.1 Å². The van der Waals surface area contributed by atoms with Gasteiger partial charge in [-0.3, -0.25) is 15.0 Å². The molecule has 2 heterocycles. The highest BCUT2D eigenvalue weighted by atomic mass is 19.1. The van der Waals surface area contributed by atoms with E-state index in [1.807, 2.05) is 0 Å². The minimum atomic E-state index is -1.02. The van der Waals surface area contributed by atoms with E-state index in [0.29, 0.717) is 23.4 Å². The summed E-state index contributed by atoms with van der Waals surface area (Å²) in [4.78, 5) is 24.5. The number of fused-ring (bicyclic) bond motifs is 4. The maximum atomic E-state index is 13.6. The SMILES string of the molecule is CC12CC(NC(=O)N1c1cccc(F)c1)c1cc([N+](=O)[O-])ccc1O2. The number of anilines is 1. The molecule has 1 fully saturated rings. The predicted molar refractivity (Wildman–Crippen MR) is 86.9 cm³/mol. The number of non-ortho nitro benzene ring substituents is 1. The van der Waals surface area contributed by atoms with Crippen LogP contribution in [0.5, 0.6) is 5.75 Å². The monoisotopic (exact) mass is 343 g/mol. The summed E-state index contributed by atoms with van der Waals surface area (Å²) in [5.74, 6) is 0.00797. The minimum Gasteiger partial charge on any atom is -0.467 e. The highest BCUT2D eigenvalue weighted by Gasteiger charge is 2.50. The van der Waals surface area contributed by atoms with Gasteiger partial charge in [0.05, 0.1) is 16.7 Å². The van der Waals surface area contributed by atoms with E-state index in [-0.39, 0.29) is 5.69 Å². The maximum absolute atomic E-state index is 13.6. The number of carbonyl (C=O) groups excluding carboxylic acids is 1. The molecule has 128 valence electrons. The van der Waals surface area contributed by atoms with Crippen LogP contribution in [0.2, 0.25) is 0 Å². The Bertz CT molecular complexity index is 903. The molecule has 2 aromatic rings. The van der Waals surface area contributed by atoms with Gasteiger partial charge >= 0.3 is 6.03 Å². The number of benzene rings is 2. The molecule has 2 aromatic carbocycles. The highest BCUT2D eigenvalue weighted by Crippen LogP contribution is 2.46. The van der Waals surface area contributed by atoms with E-state index in [1.54, 1.807) is 13.0 Å². The van der Waals surface area contributed by atoms with Crippen LogP contribution in [-0.2, 0) is 0 Å². The number of urea groups is 1. The third-order valence-electron chi connectivity index (χ3n) is 4.53. The first-order valence-electron chi connectivity index (χ1n) is 7.71. The summed E-state index contributed by atoms with van der Waals surface area (Å²) in [5, 5.41) is 13.8. The fourth-order valence-electron chi connectivity index (χ4n) is 3.48. The summed E-state index contributed by atoms with van der Waals surface area (Å²) < 4.78 is 19.6. The molecule has 0 spiro atoms. The third kappa shape index (κ3) is 2.37. The summed E-state index contributed by atoms with van der Waals surface area (Å²) in [6.07, 6.45) is 0.378. The summed E-state index contributed by atoms with van der Waals surface area (Å²) >= 11 is 0. The number of hydrogen-bond donors (Lipinski definition) is 1. The molecule has 0 radical (unpaired) electrons. The topological polar surface area (TPSA) is 84.7 Å². The van der Waals surface area contributed by atoms with E-state index < -0.39 is 28.5 Å². The summed E-state index contributed by atoms with van der Waals surface area (Å²) in [5.41, 5.74) is -0.139. The van der Waals surface area contributed by atoms with Gasteiger partial charge in [-0.1, -0.05) is 6.07 Å². The van der Waals surface area contributed by atoms with Crippen LogP contribution in [0.3, 0.4) is 0 Å². The predicted octanol–water partition coefficient (Wildman–Crippen LogP) is 3.50. The number of amides is 2. The van der Waals surface area contributed by atoms with E-state index in [4.69, 9.17) is 4.74 Å². The Labute approximate surface area is 142 Å². The van der Waals surface area contributed by atoms with E-state index in [2.05, 4.69) is 5.32 Å². The van der Waals surface area contributed by atoms with Gasteiger partial charge in [-0.15, -0.1) is 0 Å². The number of nitrogens with zero attached hydrogens (tertiary/aromatic N) is 2. The van der Waals surface area contributed by atoms with Crippen molar-refractivity contribution in [3.63, 3.8) is 0 Å². The van der Waals surface area contributed by atoms with Crippen molar-refractivity contribution in [3.05, 3.63) is 64.0 Å². The van der Waals surface area contributed by atoms with Crippen LogP contribution in [0, 0.1) is 15.9 Å². The van der Waals surface area contributed by atoms with Crippen LogP contribution in [0.15, 0.2) is 42.5 Å². The van der Waals surface area contributed by atoms with E-state index >= 15 is 0 Å². The molecule has 1 saturated heterocycles. The Morgan fingerprint density at radius 2 is 2.16 bits per heavy atom. The number of rotatable bonds is 2. The molecule has 0 aliphatic carbocycles.